The molecule has 1 saturated carbocycles. The minimum absolute atomic E-state index is 0. The molecule has 1 saturated heterocycles. The van der Waals surface area contributed by atoms with Crippen LogP contribution in [0.2, 0.25) is 0 Å². The van der Waals surface area contributed by atoms with Crippen LogP contribution in [0.15, 0.2) is 30.5 Å². The second kappa shape index (κ2) is 29.2. The summed E-state index contributed by atoms with van der Waals surface area (Å²) in [5, 5.41) is 29.7. The molecular formula is C51H83Cl2N11O7. The highest BCUT2D eigenvalue weighted by molar-refractivity contribution is 5.95. The lowest BCUT2D eigenvalue weighted by Crippen LogP contribution is -2.58. The number of halogens is 2. The van der Waals surface area contributed by atoms with Crippen molar-refractivity contribution in [3.8, 4) is 0 Å². The smallest absolute Gasteiger partial charge is 0.246 e. The number of fused-ring (bicyclic) bond motifs is 1. The van der Waals surface area contributed by atoms with Gasteiger partial charge >= 0.3 is 0 Å². The van der Waals surface area contributed by atoms with Crippen LogP contribution in [0.5, 0.6) is 0 Å². The standard InChI is InChI=1S/C51H81N11O7.2ClH/c1-30(2)32(5)54-48(66)42(56-50(68)44(31(3)4)57-46(64)33(6)52-8)26-25-39(63)22-16-21-37-28-62(60-59-37)38-27-43(49(67)55-41-24-15-20-35-17-13-14-23-40(35)41)61(29-38)51(69)45(36-18-11-10-12-19-36)58-47(65)34(7)53-9;;/h13-14,17,23,28,30-34,36,38,41-45,52-53H,10-12,15-16,18-22,24-27,29H2,1-9H3,(H,54,66)(H,55,67)(H,56,68)(H,57,64)(H,58,65);2*1H/t32-,33+,34+,38+,41-,42+,43+,44?,45+;;/m1../s1. The lowest BCUT2D eigenvalue weighted by atomic mass is 9.83. The summed E-state index contributed by atoms with van der Waals surface area (Å²) in [5.74, 6) is -2.24. The van der Waals surface area contributed by atoms with Gasteiger partial charge in [-0.1, -0.05) is 76.4 Å². The van der Waals surface area contributed by atoms with Crippen LogP contribution in [-0.2, 0) is 46.4 Å². The maximum atomic E-state index is 14.8. The third kappa shape index (κ3) is 17.0. The van der Waals surface area contributed by atoms with Crippen LogP contribution in [-0.4, -0.2) is 124 Å². The number of aromatic nitrogens is 3. The second-order valence-electron chi connectivity index (χ2n) is 20.4. The number of amides is 6. The number of nitrogens with one attached hydrogen (secondary N) is 7. The van der Waals surface area contributed by atoms with E-state index in [4.69, 9.17) is 0 Å². The molecule has 0 spiro atoms. The molecule has 2 heterocycles. The van der Waals surface area contributed by atoms with Gasteiger partial charge in [-0.15, -0.1) is 29.9 Å². The Kier molecular flexibility index (Phi) is 24.9. The number of carbonyl (C=O) groups excluding carboxylic acids is 7. The average Bonchev–Trinajstić information content (AvgIpc) is 4.01. The van der Waals surface area contributed by atoms with Crippen molar-refractivity contribution in [1.82, 2.24) is 57.1 Å². The third-order valence-corrected chi connectivity index (χ3v) is 14.7. The molecule has 2 fully saturated rings. The van der Waals surface area contributed by atoms with Crippen LogP contribution in [0.1, 0.15) is 154 Å². The molecule has 7 N–H and O–H groups in total. The van der Waals surface area contributed by atoms with Crippen molar-refractivity contribution in [3.05, 3.63) is 47.3 Å². The number of hydrogen-bond acceptors (Lipinski definition) is 11. The summed E-state index contributed by atoms with van der Waals surface area (Å²) >= 11 is 0. The zero-order valence-electron chi connectivity index (χ0n) is 43.4. The Morgan fingerprint density at radius 1 is 0.732 bits per heavy atom. The highest BCUT2D eigenvalue weighted by Crippen LogP contribution is 2.34. The molecule has 9 atom stereocenters. The fourth-order valence-electron chi connectivity index (χ4n) is 9.58. The molecule has 2 aliphatic carbocycles. The molecule has 3 aliphatic rings. The number of Topliss-reactive ketones (excluding diaryl/α,β-unsaturated/α-hetero) is 1. The fraction of sp³-hybridized carbons (Fsp3) is 0.706. The molecule has 1 unspecified atom stereocenters. The predicted molar refractivity (Wildman–Crippen MR) is 278 cm³/mol. The number of nitrogens with zero attached hydrogens (tertiary/aromatic N) is 4. The highest BCUT2D eigenvalue weighted by Gasteiger charge is 2.46. The Labute approximate surface area is 433 Å². The van der Waals surface area contributed by atoms with Gasteiger partial charge in [-0.2, -0.15) is 0 Å². The summed E-state index contributed by atoms with van der Waals surface area (Å²) in [4.78, 5) is 97.3. The molecule has 20 heteroatoms. The molecule has 2 aromatic rings. The first-order chi connectivity index (χ1) is 32.9. The quantitative estimate of drug-likeness (QED) is 0.0787. The minimum atomic E-state index is -0.990. The normalized spacial score (nSPS) is 20.4. The summed E-state index contributed by atoms with van der Waals surface area (Å²) in [6.45, 7) is 13.1. The largest absolute Gasteiger partial charge is 0.352 e. The number of hydrogen-bond donors (Lipinski definition) is 7. The Hall–Kier alpha value is -4.65. The van der Waals surface area contributed by atoms with Crippen molar-refractivity contribution in [2.75, 3.05) is 20.6 Å². The van der Waals surface area contributed by atoms with Gasteiger partial charge in [0.05, 0.1) is 29.9 Å². The molecule has 6 amide bonds. The van der Waals surface area contributed by atoms with Gasteiger partial charge in [0.25, 0.3) is 0 Å². The average molecular weight is 1030 g/mol. The summed E-state index contributed by atoms with van der Waals surface area (Å²) in [7, 11) is 3.36. The molecule has 0 radical (unpaired) electrons. The van der Waals surface area contributed by atoms with Gasteiger partial charge in [0.2, 0.25) is 35.4 Å². The summed E-state index contributed by atoms with van der Waals surface area (Å²) in [6.07, 6.45) is 10.7. The van der Waals surface area contributed by atoms with E-state index in [-0.39, 0.29) is 116 Å². The van der Waals surface area contributed by atoms with Crippen LogP contribution in [0.4, 0.5) is 0 Å². The number of ketones is 1. The van der Waals surface area contributed by atoms with Crippen LogP contribution in [0.3, 0.4) is 0 Å². The van der Waals surface area contributed by atoms with Gasteiger partial charge in [0.1, 0.15) is 30.0 Å². The lowest BCUT2D eigenvalue weighted by Gasteiger charge is -2.35. The van der Waals surface area contributed by atoms with E-state index in [1.165, 1.54) is 5.56 Å². The fourth-order valence-corrected chi connectivity index (χ4v) is 9.58. The van der Waals surface area contributed by atoms with Crippen molar-refractivity contribution in [3.63, 3.8) is 0 Å². The molecule has 18 nitrogen and oxygen atoms in total. The summed E-state index contributed by atoms with van der Waals surface area (Å²) < 4.78 is 1.72. The molecule has 1 aromatic carbocycles. The SMILES string of the molecule is CN[C@@H](C)C(=O)NC(C(=O)N[C@@H](CCC(=O)CCCc1cn([C@H]2C[C@@H](C(=O)N[C@@H]3CCCc4ccccc43)N(C(=O)[C@@H](NC(=O)[C@H](C)NC)C3CCCCC3)C2)nn1)C(=O)N[C@H](C)C(C)C)C(C)C.Cl.Cl. The number of carbonyl (C=O) groups is 7. The van der Waals surface area contributed by atoms with E-state index >= 15 is 0 Å². The molecule has 0 bridgehead atoms. The topological polar surface area (TPSA) is 238 Å². The van der Waals surface area contributed by atoms with Crippen LogP contribution in [0.25, 0.3) is 0 Å². The number of likely N-dealkylation sites (tertiary alicyclic amines) is 1. The van der Waals surface area contributed by atoms with Gasteiger partial charge in [-0.3, -0.25) is 33.6 Å². The molecule has 1 aromatic heterocycles. The van der Waals surface area contributed by atoms with E-state index in [1.54, 1.807) is 37.5 Å². The molecular weight excluding hydrogens is 950 g/mol. The molecule has 1 aliphatic heterocycles. The van der Waals surface area contributed by atoms with Gasteiger partial charge in [-0.05, 0) is 115 Å². The Morgan fingerprint density at radius 2 is 1.39 bits per heavy atom. The minimum Gasteiger partial charge on any atom is -0.352 e. The van der Waals surface area contributed by atoms with E-state index < -0.39 is 48.1 Å². The van der Waals surface area contributed by atoms with Crippen molar-refractivity contribution >= 4 is 66.0 Å². The number of benzene rings is 1. The third-order valence-electron chi connectivity index (χ3n) is 14.7. The Morgan fingerprint density at radius 3 is 2.04 bits per heavy atom. The zero-order valence-corrected chi connectivity index (χ0v) is 45.0. The number of aryl methyl sites for hydroxylation is 2. The van der Waals surface area contributed by atoms with Gasteiger partial charge in [0, 0.05) is 38.0 Å². The monoisotopic (exact) mass is 1030 g/mol. The number of rotatable bonds is 24. The second-order valence-corrected chi connectivity index (χ2v) is 20.4. The van der Waals surface area contributed by atoms with E-state index in [0.717, 1.165) is 56.9 Å². The molecule has 71 heavy (non-hydrogen) atoms. The van der Waals surface area contributed by atoms with E-state index in [2.05, 4.69) is 59.7 Å². The number of likely N-dealkylation sites (N-methyl/N-ethyl adjacent to an activating group) is 2. The highest BCUT2D eigenvalue weighted by atomic mass is 35.5. The van der Waals surface area contributed by atoms with E-state index in [1.807, 2.05) is 52.9 Å². The Balaban J connectivity index is 0.00000666. The van der Waals surface area contributed by atoms with Crippen molar-refractivity contribution in [2.45, 2.75) is 193 Å². The first-order valence-electron chi connectivity index (χ1n) is 25.6. The molecule has 398 valence electrons. The van der Waals surface area contributed by atoms with Gasteiger partial charge in [-0.25, -0.2) is 4.68 Å². The van der Waals surface area contributed by atoms with Crippen molar-refractivity contribution < 1.29 is 33.6 Å². The maximum absolute atomic E-state index is 14.8. The van der Waals surface area contributed by atoms with Crippen LogP contribution < -0.4 is 37.2 Å². The van der Waals surface area contributed by atoms with Crippen molar-refractivity contribution in [2.24, 2.45) is 17.8 Å². The van der Waals surface area contributed by atoms with Gasteiger partial charge in [0.15, 0.2) is 0 Å². The summed E-state index contributed by atoms with van der Waals surface area (Å²) in [6, 6.07) is 2.98. The van der Waals surface area contributed by atoms with E-state index in [9.17, 15) is 33.6 Å². The van der Waals surface area contributed by atoms with Crippen LogP contribution >= 0.6 is 24.8 Å². The first kappa shape index (κ1) is 60.7. The van der Waals surface area contributed by atoms with Gasteiger partial charge < -0.3 is 42.1 Å². The predicted octanol–water partition coefficient (Wildman–Crippen LogP) is 4.20. The Bertz CT molecular complexity index is 2080. The van der Waals surface area contributed by atoms with Crippen molar-refractivity contribution in [1.29, 1.82) is 0 Å². The zero-order chi connectivity index (χ0) is 50.4. The summed E-state index contributed by atoms with van der Waals surface area (Å²) in [5.41, 5.74) is 2.97. The molecule has 5 rings (SSSR count). The first-order valence-corrected chi connectivity index (χ1v) is 25.6. The van der Waals surface area contributed by atoms with E-state index in [0.29, 0.717) is 25.0 Å². The lowest BCUT2D eigenvalue weighted by molar-refractivity contribution is -0.143. The maximum Gasteiger partial charge on any atom is 0.246 e. The van der Waals surface area contributed by atoms with Crippen LogP contribution in [0, 0.1) is 17.8 Å².